The molecule has 1 amide bonds. The number of anilines is 3. The molecule has 7 nitrogen and oxygen atoms in total. The van der Waals surface area contributed by atoms with Crippen molar-refractivity contribution in [1.82, 2.24) is 14.8 Å². The second-order valence-electron chi connectivity index (χ2n) is 7.43. The summed E-state index contributed by atoms with van der Waals surface area (Å²) in [5.74, 6) is 0.0540. The van der Waals surface area contributed by atoms with Gasteiger partial charge in [0.25, 0.3) is 5.91 Å². The molecule has 3 heterocycles. The summed E-state index contributed by atoms with van der Waals surface area (Å²) in [7, 11) is 0. The average molecular weight is 396 g/mol. The SMILES string of the molecule is CCN1CCN(C(=O)c2cncc(Nc3ccccc3N3CCOCC3)c2)CC1. The van der Waals surface area contributed by atoms with Gasteiger partial charge in [-0.2, -0.15) is 0 Å². The number of rotatable bonds is 5. The van der Waals surface area contributed by atoms with Crippen molar-refractivity contribution in [2.45, 2.75) is 6.92 Å². The maximum atomic E-state index is 12.9. The van der Waals surface area contributed by atoms with Crippen LogP contribution in [0.15, 0.2) is 42.7 Å². The van der Waals surface area contributed by atoms with Gasteiger partial charge in [-0.25, -0.2) is 0 Å². The van der Waals surface area contributed by atoms with E-state index >= 15 is 0 Å². The van der Waals surface area contributed by atoms with Crippen LogP contribution in [0.3, 0.4) is 0 Å². The highest BCUT2D eigenvalue weighted by molar-refractivity contribution is 5.95. The fourth-order valence-corrected chi connectivity index (χ4v) is 3.89. The van der Waals surface area contributed by atoms with Crippen molar-refractivity contribution in [3.05, 3.63) is 48.3 Å². The van der Waals surface area contributed by atoms with Gasteiger partial charge in [0.15, 0.2) is 0 Å². The fourth-order valence-electron chi connectivity index (χ4n) is 3.89. The topological polar surface area (TPSA) is 60.9 Å². The van der Waals surface area contributed by atoms with Crippen LogP contribution in [0.5, 0.6) is 0 Å². The Balaban J connectivity index is 1.48. The third-order valence-electron chi connectivity index (χ3n) is 5.63. The van der Waals surface area contributed by atoms with Crippen LogP contribution in [0.25, 0.3) is 0 Å². The van der Waals surface area contributed by atoms with Crippen LogP contribution in [0.4, 0.5) is 17.1 Å². The van der Waals surface area contributed by atoms with Crippen LogP contribution < -0.4 is 10.2 Å². The van der Waals surface area contributed by atoms with Crippen LogP contribution in [-0.4, -0.2) is 79.7 Å². The van der Waals surface area contributed by atoms with Gasteiger partial charge in [-0.15, -0.1) is 0 Å². The second kappa shape index (κ2) is 9.24. The quantitative estimate of drug-likeness (QED) is 0.839. The molecule has 0 unspecified atom stereocenters. The minimum absolute atomic E-state index is 0.0540. The molecule has 0 spiro atoms. The van der Waals surface area contributed by atoms with E-state index in [2.05, 4.69) is 39.2 Å². The van der Waals surface area contributed by atoms with Gasteiger partial charge in [0.05, 0.1) is 42.0 Å². The Morgan fingerprint density at radius 3 is 2.59 bits per heavy atom. The first-order chi connectivity index (χ1) is 14.2. The first kappa shape index (κ1) is 19.7. The Morgan fingerprint density at radius 2 is 1.83 bits per heavy atom. The van der Waals surface area contributed by atoms with E-state index in [4.69, 9.17) is 4.74 Å². The molecule has 29 heavy (non-hydrogen) atoms. The summed E-state index contributed by atoms with van der Waals surface area (Å²) < 4.78 is 5.48. The van der Waals surface area contributed by atoms with Crippen molar-refractivity contribution in [2.24, 2.45) is 0 Å². The van der Waals surface area contributed by atoms with Gasteiger partial charge >= 0.3 is 0 Å². The van der Waals surface area contributed by atoms with Gasteiger partial charge in [0.2, 0.25) is 0 Å². The Bertz CT molecular complexity index is 829. The second-order valence-corrected chi connectivity index (χ2v) is 7.43. The molecule has 2 aliphatic heterocycles. The van der Waals surface area contributed by atoms with Gasteiger partial charge in [-0.3, -0.25) is 9.78 Å². The lowest BCUT2D eigenvalue weighted by atomic mass is 10.2. The van der Waals surface area contributed by atoms with Crippen LogP contribution in [0, 0.1) is 0 Å². The van der Waals surface area contributed by atoms with Crippen LogP contribution in [-0.2, 0) is 4.74 Å². The Labute approximate surface area is 172 Å². The molecule has 2 saturated heterocycles. The number of piperazine rings is 1. The molecule has 0 bridgehead atoms. The number of hydrogen-bond acceptors (Lipinski definition) is 6. The van der Waals surface area contributed by atoms with E-state index in [1.807, 2.05) is 23.1 Å². The fraction of sp³-hybridized carbons (Fsp3) is 0.455. The minimum atomic E-state index is 0.0540. The first-order valence-corrected chi connectivity index (χ1v) is 10.4. The number of hydrogen-bond donors (Lipinski definition) is 1. The highest BCUT2D eigenvalue weighted by Gasteiger charge is 2.22. The predicted molar refractivity (Wildman–Crippen MR) is 115 cm³/mol. The van der Waals surface area contributed by atoms with Crippen molar-refractivity contribution >= 4 is 23.0 Å². The molecule has 4 rings (SSSR count). The molecule has 2 fully saturated rings. The first-order valence-electron chi connectivity index (χ1n) is 10.4. The molecule has 0 aliphatic carbocycles. The van der Waals surface area contributed by atoms with E-state index in [0.29, 0.717) is 5.56 Å². The molecule has 1 N–H and O–H groups in total. The molecule has 1 aromatic heterocycles. The molecule has 7 heteroatoms. The summed E-state index contributed by atoms with van der Waals surface area (Å²) in [4.78, 5) is 23.9. The Kier molecular flexibility index (Phi) is 6.27. The number of aromatic nitrogens is 1. The lowest BCUT2D eigenvalue weighted by Crippen LogP contribution is -2.48. The molecule has 154 valence electrons. The molecular formula is C22H29N5O2. The van der Waals surface area contributed by atoms with E-state index in [9.17, 15) is 4.79 Å². The third-order valence-corrected chi connectivity index (χ3v) is 5.63. The Morgan fingerprint density at radius 1 is 1.07 bits per heavy atom. The molecule has 0 saturated carbocycles. The minimum Gasteiger partial charge on any atom is -0.378 e. The molecule has 1 aromatic carbocycles. The number of benzene rings is 1. The maximum absolute atomic E-state index is 12.9. The number of carbonyl (C=O) groups is 1. The number of nitrogens with zero attached hydrogens (tertiary/aromatic N) is 4. The summed E-state index contributed by atoms with van der Waals surface area (Å²) in [6, 6.07) is 10.1. The van der Waals surface area contributed by atoms with Crippen LogP contribution >= 0.6 is 0 Å². The number of amides is 1. The van der Waals surface area contributed by atoms with Gasteiger partial charge in [-0.05, 0) is 24.7 Å². The van der Waals surface area contributed by atoms with E-state index in [-0.39, 0.29) is 5.91 Å². The number of ether oxygens (including phenoxy) is 1. The van der Waals surface area contributed by atoms with Gasteiger partial charge < -0.3 is 24.8 Å². The zero-order valence-corrected chi connectivity index (χ0v) is 17.0. The number of nitrogens with one attached hydrogen (secondary N) is 1. The summed E-state index contributed by atoms with van der Waals surface area (Å²) in [6.45, 7) is 9.82. The summed E-state index contributed by atoms with van der Waals surface area (Å²) >= 11 is 0. The highest BCUT2D eigenvalue weighted by Crippen LogP contribution is 2.29. The van der Waals surface area contributed by atoms with Crippen molar-refractivity contribution < 1.29 is 9.53 Å². The predicted octanol–water partition coefficient (Wildman–Crippen LogP) is 2.44. The van der Waals surface area contributed by atoms with E-state index in [1.54, 1.807) is 12.4 Å². The van der Waals surface area contributed by atoms with Crippen LogP contribution in [0.2, 0.25) is 0 Å². The summed E-state index contributed by atoms with van der Waals surface area (Å²) in [5.41, 5.74) is 3.60. The maximum Gasteiger partial charge on any atom is 0.255 e. The molecule has 0 radical (unpaired) electrons. The van der Waals surface area contributed by atoms with E-state index in [1.165, 1.54) is 0 Å². The zero-order valence-electron chi connectivity index (χ0n) is 17.0. The van der Waals surface area contributed by atoms with Crippen molar-refractivity contribution in [3.8, 4) is 0 Å². The normalized spacial score (nSPS) is 18.0. The number of pyridine rings is 1. The van der Waals surface area contributed by atoms with E-state index < -0.39 is 0 Å². The third kappa shape index (κ3) is 4.68. The zero-order chi connectivity index (χ0) is 20.1. The molecule has 2 aliphatic rings. The molecule has 2 aromatic rings. The number of carbonyl (C=O) groups excluding carboxylic acids is 1. The monoisotopic (exact) mass is 395 g/mol. The molecule has 0 atom stereocenters. The standard InChI is InChI=1S/C22H29N5O2/c1-2-25-7-9-27(10-8-25)22(28)18-15-19(17-23-16-18)24-20-5-3-4-6-21(20)26-11-13-29-14-12-26/h3-6,15-17,24H,2,7-14H2,1H3. The average Bonchev–Trinajstić information content (AvgIpc) is 2.80. The van der Waals surface area contributed by atoms with Crippen molar-refractivity contribution in [1.29, 1.82) is 0 Å². The Hall–Kier alpha value is -2.64. The largest absolute Gasteiger partial charge is 0.378 e. The van der Waals surface area contributed by atoms with Gasteiger partial charge in [-0.1, -0.05) is 19.1 Å². The number of para-hydroxylation sites is 2. The number of likely N-dealkylation sites (N-methyl/N-ethyl adjacent to an activating group) is 1. The van der Waals surface area contributed by atoms with Gasteiger partial charge in [0.1, 0.15) is 0 Å². The van der Waals surface area contributed by atoms with Crippen molar-refractivity contribution in [2.75, 3.05) is 69.2 Å². The number of morpholine rings is 1. The molecular weight excluding hydrogens is 366 g/mol. The lowest BCUT2D eigenvalue weighted by molar-refractivity contribution is 0.0643. The highest BCUT2D eigenvalue weighted by atomic mass is 16.5. The summed E-state index contributed by atoms with van der Waals surface area (Å²) in [6.07, 6.45) is 3.43. The van der Waals surface area contributed by atoms with Crippen LogP contribution in [0.1, 0.15) is 17.3 Å². The lowest BCUT2D eigenvalue weighted by Gasteiger charge is -2.34. The smallest absolute Gasteiger partial charge is 0.255 e. The van der Waals surface area contributed by atoms with Crippen molar-refractivity contribution in [3.63, 3.8) is 0 Å². The summed E-state index contributed by atoms with van der Waals surface area (Å²) in [5, 5.41) is 3.46. The van der Waals surface area contributed by atoms with E-state index in [0.717, 1.165) is 76.1 Å². The van der Waals surface area contributed by atoms with Gasteiger partial charge in [0, 0.05) is 45.5 Å².